The summed E-state index contributed by atoms with van der Waals surface area (Å²) in [6, 6.07) is 17.6. The van der Waals surface area contributed by atoms with Gasteiger partial charge < -0.3 is 10.2 Å². The highest BCUT2D eigenvalue weighted by molar-refractivity contribution is 5.99. The second-order valence-electron chi connectivity index (χ2n) is 4.94. The van der Waals surface area contributed by atoms with E-state index < -0.39 is 5.97 Å². The highest BCUT2D eigenvalue weighted by Crippen LogP contribution is 2.32. The van der Waals surface area contributed by atoms with Gasteiger partial charge in [-0.15, -0.1) is 0 Å². The van der Waals surface area contributed by atoms with Crippen LogP contribution in [0.5, 0.6) is 5.75 Å². The largest absolute Gasteiger partial charge is 0.506 e. The maximum absolute atomic E-state index is 11.2. The fourth-order valence-electron chi connectivity index (χ4n) is 2.35. The van der Waals surface area contributed by atoms with Crippen LogP contribution in [0, 0.1) is 0 Å². The van der Waals surface area contributed by atoms with E-state index >= 15 is 0 Å². The molecule has 0 bridgehead atoms. The smallest absolute Gasteiger partial charge is 0.336 e. The van der Waals surface area contributed by atoms with Crippen molar-refractivity contribution in [2.45, 2.75) is 0 Å². The van der Waals surface area contributed by atoms with E-state index in [1.165, 1.54) is 12.3 Å². The first-order chi connectivity index (χ1) is 11.2. The molecule has 0 aromatic heterocycles. The number of nitrogens with zero attached hydrogens (tertiary/aromatic N) is 1. The summed E-state index contributed by atoms with van der Waals surface area (Å²) in [7, 11) is 0. The molecule has 0 amide bonds. The summed E-state index contributed by atoms with van der Waals surface area (Å²) in [6.45, 7) is 0. The Morgan fingerprint density at radius 1 is 1.00 bits per heavy atom. The molecule has 0 saturated carbocycles. The lowest BCUT2D eigenvalue weighted by Crippen LogP contribution is -2.02. The average molecular weight is 306 g/mol. The molecular weight excluding hydrogens is 292 g/mol. The van der Waals surface area contributed by atoms with Gasteiger partial charge in [-0.3, -0.25) is 5.43 Å². The average Bonchev–Trinajstić information content (AvgIpc) is 2.57. The SMILES string of the molecule is O=C(O)c1ccccc1C=NNc1c(O)ccc2ccccc12. The van der Waals surface area contributed by atoms with E-state index in [9.17, 15) is 9.90 Å². The van der Waals surface area contributed by atoms with Crippen LogP contribution in [-0.2, 0) is 0 Å². The maximum Gasteiger partial charge on any atom is 0.336 e. The first-order valence-corrected chi connectivity index (χ1v) is 6.99. The van der Waals surface area contributed by atoms with Gasteiger partial charge >= 0.3 is 5.97 Å². The summed E-state index contributed by atoms with van der Waals surface area (Å²) in [4.78, 5) is 11.2. The summed E-state index contributed by atoms with van der Waals surface area (Å²) in [5, 5.41) is 25.0. The van der Waals surface area contributed by atoms with Gasteiger partial charge in [0, 0.05) is 10.9 Å². The van der Waals surface area contributed by atoms with Crippen LogP contribution in [0.4, 0.5) is 5.69 Å². The molecule has 3 rings (SSSR count). The van der Waals surface area contributed by atoms with Crippen molar-refractivity contribution in [1.82, 2.24) is 0 Å². The molecule has 0 aliphatic heterocycles. The molecule has 0 heterocycles. The van der Waals surface area contributed by atoms with Crippen LogP contribution >= 0.6 is 0 Å². The standard InChI is InChI=1S/C18H14N2O3/c21-16-10-9-12-5-1-3-7-14(12)17(16)20-19-11-13-6-2-4-8-15(13)18(22)23/h1-11,20-21H,(H,22,23). The number of phenols is 1. The predicted molar refractivity (Wildman–Crippen MR) is 90.2 cm³/mol. The molecule has 3 N–H and O–H groups in total. The first kappa shape index (κ1) is 14.6. The van der Waals surface area contributed by atoms with Crippen LogP contribution in [0.15, 0.2) is 65.8 Å². The van der Waals surface area contributed by atoms with E-state index in [4.69, 9.17) is 5.11 Å². The first-order valence-electron chi connectivity index (χ1n) is 6.99. The normalized spacial score (nSPS) is 11.0. The van der Waals surface area contributed by atoms with E-state index in [-0.39, 0.29) is 11.3 Å². The van der Waals surface area contributed by atoms with Crippen molar-refractivity contribution in [3.63, 3.8) is 0 Å². The predicted octanol–water partition coefficient (Wildman–Crippen LogP) is 3.69. The van der Waals surface area contributed by atoms with Crippen molar-refractivity contribution >= 4 is 28.6 Å². The number of hydrazone groups is 1. The van der Waals surface area contributed by atoms with Crippen molar-refractivity contribution < 1.29 is 15.0 Å². The Kier molecular flexibility index (Phi) is 3.93. The summed E-state index contributed by atoms with van der Waals surface area (Å²) >= 11 is 0. The third-order valence-corrected chi connectivity index (χ3v) is 3.48. The second kappa shape index (κ2) is 6.19. The number of carboxylic acids is 1. The van der Waals surface area contributed by atoms with Gasteiger partial charge in [0.1, 0.15) is 11.4 Å². The summed E-state index contributed by atoms with van der Waals surface area (Å²) < 4.78 is 0. The number of rotatable bonds is 4. The van der Waals surface area contributed by atoms with Gasteiger partial charge in [0.25, 0.3) is 0 Å². The molecule has 0 saturated heterocycles. The lowest BCUT2D eigenvalue weighted by Gasteiger charge is -2.08. The van der Waals surface area contributed by atoms with Gasteiger partial charge in [0.2, 0.25) is 0 Å². The molecule has 0 aliphatic rings. The number of benzene rings is 3. The fourth-order valence-corrected chi connectivity index (χ4v) is 2.35. The van der Waals surface area contributed by atoms with Crippen LogP contribution < -0.4 is 5.43 Å². The van der Waals surface area contributed by atoms with Crippen LogP contribution in [0.2, 0.25) is 0 Å². The molecule has 0 aliphatic carbocycles. The number of carbonyl (C=O) groups is 1. The lowest BCUT2D eigenvalue weighted by atomic mass is 10.1. The Balaban J connectivity index is 1.93. The number of hydrogen-bond donors (Lipinski definition) is 3. The van der Waals surface area contributed by atoms with Crippen molar-refractivity contribution in [1.29, 1.82) is 0 Å². The minimum atomic E-state index is -1.01. The van der Waals surface area contributed by atoms with Crippen molar-refractivity contribution in [2.24, 2.45) is 5.10 Å². The van der Waals surface area contributed by atoms with E-state index in [0.717, 1.165) is 10.8 Å². The van der Waals surface area contributed by atoms with Crippen LogP contribution in [0.1, 0.15) is 15.9 Å². The van der Waals surface area contributed by atoms with Crippen LogP contribution in [0.3, 0.4) is 0 Å². The van der Waals surface area contributed by atoms with E-state index in [1.54, 1.807) is 24.3 Å². The molecule has 0 radical (unpaired) electrons. The third-order valence-electron chi connectivity index (χ3n) is 3.48. The topological polar surface area (TPSA) is 81.9 Å². The molecule has 114 valence electrons. The zero-order valence-electron chi connectivity index (χ0n) is 12.1. The summed E-state index contributed by atoms with van der Waals surface area (Å²) in [5.41, 5.74) is 3.92. The molecule has 5 nitrogen and oxygen atoms in total. The number of anilines is 1. The number of hydrogen-bond acceptors (Lipinski definition) is 4. The van der Waals surface area contributed by atoms with Gasteiger partial charge in [-0.05, 0) is 17.5 Å². The van der Waals surface area contributed by atoms with Crippen LogP contribution in [0.25, 0.3) is 10.8 Å². The maximum atomic E-state index is 11.2. The summed E-state index contributed by atoms with van der Waals surface area (Å²) in [6.07, 6.45) is 1.42. The summed E-state index contributed by atoms with van der Waals surface area (Å²) in [5.74, 6) is -0.938. The minimum Gasteiger partial charge on any atom is -0.506 e. The van der Waals surface area contributed by atoms with Crippen molar-refractivity contribution in [3.05, 3.63) is 71.8 Å². The van der Waals surface area contributed by atoms with E-state index in [1.807, 2.05) is 30.3 Å². The number of aromatic hydroxyl groups is 1. The number of aromatic carboxylic acids is 1. The van der Waals surface area contributed by atoms with Gasteiger partial charge in [0.05, 0.1) is 11.8 Å². The number of carboxylic acid groups (broad SMARTS) is 1. The molecular formula is C18H14N2O3. The van der Waals surface area contributed by atoms with Crippen molar-refractivity contribution in [3.8, 4) is 5.75 Å². The van der Waals surface area contributed by atoms with E-state index in [2.05, 4.69) is 10.5 Å². The van der Waals surface area contributed by atoms with Gasteiger partial charge in [0.15, 0.2) is 0 Å². The highest BCUT2D eigenvalue weighted by Gasteiger charge is 2.08. The van der Waals surface area contributed by atoms with E-state index in [0.29, 0.717) is 11.3 Å². The molecule has 0 spiro atoms. The number of nitrogens with one attached hydrogen (secondary N) is 1. The zero-order chi connectivity index (χ0) is 16.2. The number of fused-ring (bicyclic) bond motifs is 1. The fraction of sp³-hybridized carbons (Fsp3) is 0. The Labute approximate surface area is 132 Å². The van der Waals surface area contributed by atoms with Gasteiger partial charge in [-0.2, -0.15) is 5.10 Å². The molecule has 3 aromatic rings. The Morgan fingerprint density at radius 3 is 2.57 bits per heavy atom. The van der Waals surface area contributed by atoms with Crippen molar-refractivity contribution in [2.75, 3.05) is 5.43 Å². The van der Waals surface area contributed by atoms with Gasteiger partial charge in [-0.25, -0.2) is 4.79 Å². The molecule has 0 atom stereocenters. The quantitative estimate of drug-likeness (QED) is 0.390. The number of phenolic OH excluding ortho intramolecular Hbond substituents is 1. The minimum absolute atomic E-state index is 0.0763. The van der Waals surface area contributed by atoms with Gasteiger partial charge in [-0.1, -0.05) is 48.5 Å². The Hall–Kier alpha value is -3.34. The Morgan fingerprint density at radius 2 is 1.74 bits per heavy atom. The molecule has 0 unspecified atom stereocenters. The third kappa shape index (κ3) is 2.98. The second-order valence-corrected chi connectivity index (χ2v) is 4.94. The monoisotopic (exact) mass is 306 g/mol. The zero-order valence-corrected chi connectivity index (χ0v) is 12.1. The lowest BCUT2D eigenvalue weighted by molar-refractivity contribution is 0.0697. The Bertz CT molecular complexity index is 904. The molecule has 0 fully saturated rings. The highest BCUT2D eigenvalue weighted by atomic mass is 16.4. The van der Waals surface area contributed by atoms with Crippen LogP contribution in [-0.4, -0.2) is 22.4 Å². The molecule has 5 heteroatoms. The molecule has 23 heavy (non-hydrogen) atoms. The molecule has 3 aromatic carbocycles.